The first-order valence-corrected chi connectivity index (χ1v) is 15.8. The van der Waals surface area contributed by atoms with Crippen LogP contribution in [0.4, 0.5) is 0 Å². The van der Waals surface area contributed by atoms with Crippen LogP contribution in [0, 0.1) is 23.2 Å². The van der Waals surface area contributed by atoms with Crippen LogP contribution in [-0.2, 0) is 17.9 Å². The molecule has 1 amide bonds. The van der Waals surface area contributed by atoms with E-state index in [1.54, 1.807) is 19.2 Å². The smallest absolute Gasteiger partial charge is 0.251 e. The molecule has 2 N–H and O–H groups in total. The largest absolute Gasteiger partial charge is 0.592 e. The van der Waals surface area contributed by atoms with Crippen molar-refractivity contribution in [2.24, 2.45) is 23.2 Å². The first kappa shape index (κ1) is 25.7. The van der Waals surface area contributed by atoms with Gasteiger partial charge in [-0.05, 0) is 98.8 Å². The molecule has 0 radical (unpaired) electrons. The highest BCUT2D eigenvalue weighted by Gasteiger charge is 2.50. The Hall–Kier alpha value is -1.58. The molecule has 37 heavy (non-hydrogen) atoms. The zero-order valence-electron chi connectivity index (χ0n) is 21.7. The third-order valence-electron chi connectivity index (χ3n) is 9.18. The lowest BCUT2D eigenvalue weighted by Gasteiger charge is -2.57. The third kappa shape index (κ3) is 5.74. The zero-order valence-corrected chi connectivity index (χ0v) is 23.4. The molecule has 1 saturated heterocycles. The monoisotopic (exact) mass is 541 g/mol. The van der Waals surface area contributed by atoms with E-state index in [9.17, 15) is 9.35 Å². The van der Waals surface area contributed by atoms with Gasteiger partial charge in [0.15, 0.2) is 0 Å². The van der Waals surface area contributed by atoms with Gasteiger partial charge in [0.25, 0.3) is 5.91 Å². The Morgan fingerprint density at radius 2 is 1.81 bits per heavy atom. The number of thiophene rings is 1. The summed E-state index contributed by atoms with van der Waals surface area (Å²) >= 11 is 0.389. The first-order chi connectivity index (χ1) is 18.0. The summed E-state index contributed by atoms with van der Waals surface area (Å²) < 4.78 is 21.5. The summed E-state index contributed by atoms with van der Waals surface area (Å²) in [5, 5.41) is 6.92. The summed E-state index contributed by atoms with van der Waals surface area (Å²) in [4.78, 5) is 13.5. The molecule has 4 bridgehead atoms. The fourth-order valence-electron chi connectivity index (χ4n) is 7.80. The molecule has 2 aromatic rings. The number of hydrogen-bond donors (Lipinski definition) is 2. The molecule has 8 heteroatoms. The lowest BCUT2D eigenvalue weighted by Crippen LogP contribution is -2.53. The Balaban J connectivity index is 0.957. The molecular formula is C29H39N3O3S2. The lowest BCUT2D eigenvalue weighted by atomic mass is 9.49. The summed E-state index contributed by atoms with van der Waals surface area (Å²) in [7, 11) is 1.59. The molecule has 1 unspecified atom stereocenters. The standard InChI is InChI=1S/C29H39N3O3S2/c1-35-25-4-2-3-23(14-25)28(33)30-18-26-5-6-27(36-26)37(34)32-9-7-24(8-10-32)31-19-29-15-20-11-21(16-29)13-22(12-20)17-29/h2-6,14,20-22,24,31H,7-13,15-19H2,1H3,(H,30,33). The van der Waals surface area contributed by atoms with E-state index in [1.165, 1.54) is 56.4 Å². The molecule has 2 heterocycles. The van der Waals surface area contributed by atoms with Gasteiger partial charge in [-0.3, -0.25) is 4.79 Å². The lowest BCUT2D eigenvalue weighted by molar-refractivity contribution is -0.0529. The number of benzene rings is 1. The van der Waals surface area contributed by atoms with Crippen molar-refractivity contribution in [2.45, 2.75) is 68.2 Å². The van der Waals surface area contributed by atoms with Crippen LogP contribution < -0.4 is 15.4 Å². The fourth-order valence-corrected chi connectivity index (χ4v) is 10.4. The van der Waals surface area contributed by atoms with Crippen molar-refractivity contribution in [3.8, 4) is 5.75 Å². The molecule has 7 rings (SSSR count). The second-order valence-electron chi connectivity index (χ2n) is 11.9. The van der Waals surface area contributed by atoms with Crippen molar-refractivity contribution < 1.29 is 14.1 Å². The van der Waals surface area contributed by atoms with E-state index in [0.717, 1.165) is 52.8 Å². The molecule has 5 fully saturated rings. The molecule has 1 aliphatic heterocycles. The predicted octanol–water partition coefficient (Wildman–Crippen LogP) is 4.98. The summed E-state index contributed by atoms with van der Waals surface area (Å²) in [6.07, 6.45) is 11.0. The topological polar surface area (TPSA) is 76.7 Å². The minimum atomic E-state index is -1.14. The van der Waals surface area contributed by atoms with Crippen LogP contribution in [0.25, 0.3) is 0 Å². The van der Waals surface area contributed by atoms with Crippen molar-refractivity contribution in [3.05, 3.63) is 46.8 Å². The molecule has 200 valence electrons. The van der Waals surface area contributed by atoms with Gasteiger partial charge in [-0.1, -0.05) is 17.4 Å². The molecule has 1 atom stereocenters. The van der Waals surface area contributed by atoms with Gasteiger partial charge in [-0.2, -0.15) is 0 Å². The molecule has 5 aliphatic rings. The Morgan fingerprint density at radius 1 is 1.11 bits per heavy atom. The van der Waals surface area contributed by atoms with E-state index < -0.39 is 11.4 Å². The maximum absolute atomic E-state index is 13.3. The highest BCUT2D eigenvalue weighted by molar-refractivity contribution is 7.91. The van der Waals surface area contributed by atoms with E-state index in [1.807, 2.05) is 24.3 Å². The van der Waals surface area contributed by atoms with Gasteiger partial charge in [0, 0.05) is 42.2 Å². The summed E-state index contributed by atoms with van der Waals surface area (Å²) in [5.41, 5.74) is 1.14. The van der Waals surface area contributed by atoms with Crippen LogP contribution in [0.3, 0.4) is 0 Å². The Bertz CT molecular complexity index is 1060. The van der Waals surface area contributed by atoms with Gasteiger partial charge >= 0.3 is 0 Å². The van der Waals surface area contributed by atoms with Crippen molar-refractivity contribution >= 4 is 28.6 Å². The third-order valence-corrected chi connectivity index (χ3v) is 12.1. The number of carbonyl (C=O) groups is 1. The molecule has 4 saturated carbocycles. The second-order valence-corrected chi connectivity index (χ2v) is 14.8. The van der Waals surface area contributed by atoms with Crippen LogP contribution >= 0.6 is 11.3 Å². The number of ether oxygens (including phenoxy) is 1. The van der Waals surface area contributed by atoms with Gasteiger partial charge in [0.2, 0.25) is 4.21 Å². The first-order valence-electron chi connectivity index (χ1n) is 13.9. The van der Waals surface area contributed by atoms with E-state index in [4.69, 9.17) is 4.74 Å². The number of amides is 1. The van der Waals surface area contributed by atoms with Crippen molar-refractivity contribution in [2.75, 3.05) is 26.7 Å². The van der Waals surface area contributed by atoms with Crippen LogP contribution in [0.15, 0.2) is 40.6 Å². The minimum Gasteiger partial charge on any atom is -0.592 e. The van der Waals surface area contributed by atoms with Gasteiger partial charge in [0.05, 0.1) is 25.0 Å². The Morgan fingerprint density at radius 3 is 2.49 bits per heavy atom. The number of nitrogens with one attached hydrogen (secondary N) is 2. The maximum atomic E-state index is 13.3. The van der Waals surface area contributed by atoms with Gasteiger partial charge in [-0.25, -0.2) is 0 Å². The van der Waals surface area contributed by atoms with Crippen molar-refractivity contribution in [3.63, 3.8) is 0 Å². The number of methoxy groups -OCH3 is 1. The van der Waals surface area contributed by atoms with Gasteiger partial charge < -0.3 is 19.9 Å². The number of piperidine rings is 1. The second kappa shape index (κ2) is 10.9. The summed E-state index contributed by atoms with van der Waals surface area (Å²) in [6, 6.07) is 11.6. The zero-order chi connectivity index (χ0) is 25.4. The Labute approximate surface area is 227 Å². The van der Waals surface area contributed by atoms with Crippen molar-refractivity contribution in [1.29, 1.82) is 0 Å². The summed E-state index contributed by atoms with van der Waals surface area (Å²) in [5.74, 6) is 3.53. The average Bonchev–Trinajstić information content (AvgIpc) is 3.39. The predicted molar refractivity (Wildman–Crippen MR) is 148 cm³/mol. The Kier molecular flexibility index (Phi) is 7.56. The number of hydrogen-bond acceptors (Lipinski definition) is 6. The van der Waals surface area contributed by atoms with E-state index in [0.29, 0.717) is 29.3 Å². The fraction of sp³-hybridized carbons (Fsp3) is 0.621. The van der Waals surface area contributed by atoms with Gasteiger partial charge in [-0.15, -0.1) is 4.31 Å². The number of carbonyl (C=O) groups excluding carboxylic acids is 1. The summed E-state index contributed by atoms with van der Waals surface area (Å²) in [6.45, 7) is 3.35. The van der Waals surface area contributed by atoms with Gasteiger partial charge in [0.1, 0.15) is 5.75 Å². The SMILES string of the molecule is COc1cccc(C(=O)NCc2ccc([S+]([O-])N3CCC(NCC45CC6CC(CC(C6)C4)C5)CC3)s2)c1. The van der Waals surface area contributed by atoms with E-state index >= 15 is 0 Å². The number of nitrogens with zero attached hydrogens (tertiary/aromatic N) is 1. The molecule has 0 spiro atoms. The van der Waals surface area contributed by atoms with E-state index in [2.05, 4.69) is 14.9 Å². The molecule has 6 nitrogen and oxygen atoms in total. The molecular weight excluding hydrogens is 502 g/mol. The van der Waals surface area contributed by atoms with Crippen LogP contribution in [0.2, 0.25) is 0 Å². The van der Waals surface area contributed by atoms with Crippen LogP contribution in [0.5, 0.6) is 5.75 Å². The number of rotatable bonds is 9. The molecule has 1 aromatic carbocycles. The van der Waals surface area contributed by atoms with E-state index in [-0.39, 0.29) is 5.91 Å². The van der Waals surface area contributed by atoms with Crippen LogP contribution in [0.1, 0.15) is 66.6 Å². The normalized spacial score (nSPS) is 30.4. The van der Waals surface area contributed by atoms with Crippen molar-refractivity contribution in [1.82, 2.24) is 14.9 Å². The highest BCUT2D eigenvalue weighted by atomic mass is 32.2. The maximum Gasteiger partial charge on any atom is 0.251 e. The molecule has 4 aliphatic carbocycles. The molecule has 1 aromatic heterocycles. The highest BCUT2D eigenvalue weighted by Crippen LogP contribution is 2.59. The average molecular weight is 542 g/mol. The minimum absolute atomic E-state index is 0.141. The van der Waals surface area contributed by atoms with Crippen LogP contribution in [-0.4, -0.2) is 47.6 Å². The quantitative estimate of drug-likeness (QED) is 0.438.